The van der Waals surface area contributed by atoms with E-state index in [9.17, 15) is 4.79 Å². The minimum absolute atomic E-state index is 0.167. The molecule has 1 N–H and O–H groups in total. The number of amides is 1. The molecule has 0 saturated carbocycles. The van der Waals surface area contributed by atoms with Crippen molar-refractivity contribution in [2.24, 2.45) is 0 Å². The van der Waals surface area contributed by atoms with Crippen molar-refractivity contribution in [2.45, 2.75) is 6.42 Å². The van der Waals surface area contributed by atoms with Gasteiger partial charge in [0.15, 0.2) is 0 Å². The fourth-order valence-electron chi connectivity index (χ4n) is 1.64. The maximum Gasteiger partial charge on any atom is 0.230 e. The maximum atomic E-state index is 11.9. The van der Waals surface area contributed by atoms with Crippen molar-refractivity contribution in [1.29, 1.82) is 0 Å². The Hall–Kier alpha value is -2.07. The number of ether oxygens (including phenoxy) is 1. The number of rotatable bonds is 4. The van der Waals surface area contributed by atoms with Crippen LogP contribution in [0.15, 0.2) is 42.6 Å². The number of benzene rings is 1. The summed E-state index contributed by atoms with van der Waals surface area (Å²) in [5.41, 5.74) is 1.26. The molecule has 2 aromatic rings. The molecule has 0 saturated heterocycles. The molecule has 98 valence electrons. The fraction of sp³-hybridized carbons (Fsp3) is 0.143. The van der Waals surface area contributed by atoms with Crippen molar-refractivity contribution in [1.82, 2.24) is 4.98 Å². The summed E-state index contributed by atoms with van der Waals surface area (Å²) in [6, 6.07) is 10.5. The summed E-state index contributed by atoms with van der Waals surface area (Å²) in [5, 5.41) is 3.30. The van der Waals surface area contributed by atoms with Crippen LogP contribution in [0, 0.1) is 0 Å². The molecule has 0 fully saturated rings. The fourth-order valence-corrected chi connectivity index (χ4v) is 1.81. The molecule has 1 heterocycles. The van der Waals surface area contributed by atoms with Gasteiger partial charge < -0.3 is 10.1 Å². The van der Waals surface area contributed by atoms with E-state index < -0.39 is 0 Å². The van der Waals surface area contributed by atoms with Crippen LogP contribution in [-0.2, 0) is 11.2 Å². The van der Waals surface area contributed by atoms with E-state index in [1.165, 1.54) is 7.11 Å². The van der Waals surface area contributed by atoms with E-state index in [4.69, 9.17) is 16.3 Å². The zero-order valence-corrected chi connectivity index (χ0v) is 11.1. The van der Waals surface area contributed by atoms with Gasteiger partial charge in [-0.15, -0.1) is 0 Å². The highest BCUT2D eigenvalue weighted by Gasteiger charge is 2.09. The van der Waals surface area contributed by atoms with E-state index >= 15 is 0 Å². The molecule has 0 bridgehead atoms. The molecule has 19 heavy (non-hydrogen) atoms. The summed E-state index contributed by atoms with van der Waals surface area (Å²) in [6.45, 7) is 0. The zero-order chi connectivity index (χ0) is 13.7. The molecule has 1 aromatic heterocycles. The summed E-state index contributed by atoms with van der Waals surface area (Å²) in [4.78, 5) is 16.0. The van der Waals surface area contributed by atoms with E-state index in [0.717, 1.165) is 0 Å². The Morgan fingerprint density at radius 1 is 1.37 bits per heavy atom. The van der Waals surface area contributed by atoms with Crippen molar-refractivity contribution in [3.8, 4) is 5.75 Å². The second-order valence-corrected chi connectivity index (χ2v) is 4.33. The monoisotopic (exact) mass is 276 g/mol. The Morgan fingerprint density at radius 3 is 2.89 bits per heavy atom. The van der Waals surface area contributed by atoms with Gasteiger partial charge in [-0.3, -0.25) is 9.78 Å². The molecular formula is C14H13ClN2O2. The van der Waals surface area contributed by atoms with Gasteiger partial charge in [0.1, 0.15) is 5.75 Å². The number of hydrogen-bond donors (Lipinski definition) is 1. The minimum Gasteiger partial charge on any atom is -0.495 e. The Balaban J connectivity index is 2.09. The summed E-state index contributed by atoms with van der Waals surface area (Å²) in [7, 11) is 1.54. The van der Waals surface area contributed by atoms with E-state index in [1.54, 1.807) is 36.5 Å². The number of pyridine rings is 1. The van der Waals surface area contributed by atoms with Gasteiger partial charge in [0.25, 0.3) is 0 Å². The molecule has 0 atom stereocenters. The number of methoxy groups -OCH3 is 1. The summed E-state index contributed by atoms with van der Waals surface area (Å²) < 4.78 is 5.16. The molecular weight excluding hydrogens is 264 g/mol. The number of carbonyl (C=O) groups excluding carboxylic acids is 1. The smallest absolute Gasteiger partial charge is 0.230 e. The topological polar surface area (TPSA) is 51.2 Å². The van der Waals surface area contributed by atoms with Crippen LogP contribution >= 0.6 is 11.6 Å². The highest BCUT2D eigenvalue weighted by Crippen LogP contribution is 2.27. The van der Waals surface area contributed by atoms with Crippen molar-refractivity contribution in [3.63, 3.8) is 0 Å². The first kappa shape index (κ1) is 13.4. The van der Waals surface area contributed by atoms with Crippen molar-refractivity contribution >= 4 is 23.2 Å². The maximum absolute atomic E-state index is 11.9. The molecule has 0 aliphatic rings. The quantitative estimate of drug-likeness (QED) is 0.934. The first-order valence-electron chi connectivity index (χ1n) is 5.72. The number of hydrogen-bond acceptors (Lipinski definition) is 3. The summed E-state index contributed by atoms with van der Waals surface area (Å²) >= 11 is 5.90. The number of aromatic nitrogens is 1. The molecule has 5 heteroatoms. The molecule has 0 aliphatic carbocycles. The van der Waals surface area contributed by atoms with Gasteiger partial charge in [-0.2, -0.15) is 0 Å². The van der Waals surface area contributed by atoms with Crippen LogP contribution in [0.1, 0.15) is 5.69 Å². The molecule has 1 amide bonds. The number of carbonyl (C=O) groups is 1. The minimum atomic E-state index is -0.167. The normalized spacial score (nSPS) is 10.0. The van der Waals surface area contributed by atoms with Crippen molar-refractivity contribution in [2.75, 3.05) is 12.4 Å². The van der Waals surface area contributed by atoms with Crippen molar-refractivity contribution < 1.29 is 9.53 Å². The van der Waals surface area contributed by atoms with Gasteiger partial charge in [0, 0.05) is 16.9 Å². The van der Waals surface area contributed by atoms with Gasteiger partial charge >= 0.3 is 0 Å². The number of nitrogens with zero attached hydrogens (tertiary/aromatic N) is 1. The third-order valence-corrected chi connectivity index (χ3v) is 2.74. The van der Waals surface area contributed by atoms with Gasteiger partial charge in [-0.1, -0.05) is 17.7 Å². The standard InChI is InChI=1S/C14H13ClN2O2/c1-19-13-6-5-10(15)8-12(13)17-14(18)9-11-4-2-3-7-16-11/h2-8H,9H2,1H3,(H,17,18). The number of nitrogens with one attached hydrogen (secondary N) is 1. The lowest BCUT2D eigenvalue weighted by Gasteiger charge is -2.10. The largest absolute Gasteiger partial charge is 0.495 e. The Kier molecular flexibility index (Phi) is 4.36. The third kappa shape index (κ3) is 3.69. The van der Waals surface area contributed by atoms with Gasteiger partial charge in [-0.05, 0) is 30.3 Å². The predicted octanol–water partition coefficient (Wildman–Crippen LogP) is 2.92. The van der Waals surface area contributed by atoms with Gasteiger partial charge in [-0.25, -0.2) is 0 Å². The Morgan fingerprint density at radius 2 is 2.21 bits per heavy atom. The number of halogens is 1. The first-order chi connectivity index (χ1) is 9.19. The third-order valence-electron chi connectivity index (χ3n) is 2.50. The second kappa shape index (κ2) is 6.20. The Labute approximate surface area is 116 Å². The summed E-state index contributed by atoms with van der Waals surface area (Å²) in [6.07, 6.45) is 1.86. The lowest BCUT2D eigenvalue weighted by atomic mass is 10.2. The Bertz CT molecular complexity index is 573. The van der Waals surface area contributed by atoms with E-state index in [2.05, 4.69) is 10.3 Å². The van der Waals surface area contributed by atoms with E-state index in [1.807, 2.05) is 6.07 Å². The van der Waals surface area contributed by atoms with Crippen LogP contribution in [0.3, 0.4) is 0 Å². The first-order valence-corrected chi connectivity index (χ1v) is 6.10. The average Bonchev–Trinajstić information content (AvgIpc) is 2.40. The highest BCUT2D eigenvalue weighted by atomic mass is 35.5. The second-order valence-electron chi connectivity index (χ2n) is 3.89. The van der Waals surface area contributed by atoms with Crippen molar-refractivity contribution in [3.05, 3.63) is 53.3 Å². The molecule has 0 spiro atoms. The van der Waals surface area contributed by atoms with Crippen LogP contribution in [-0.4, -0.2) is 18.0 Å². The van der Waals surface area contributed by atoms with Gasteiger partial charge in [0.05, 0.1) is 19.2 Å². The van der Waals surface area contributed by atoms with Gasteiger partial charge in [0.2, 0.25) is 5.91 Å². The predicted molar refractivity (Wildman–Crippen MR) is 74.6 cm³/mol. The molecule has 0 unspecified atom stereocenters. The van der Waals surface area contributed by atoms with Crippen LogP contribution in [0.2, 0.25) is 5.02 Å². The average molecular weight is 277 g/mol. The van der Waals surface area contributed by atoms with Crippen LogP contribution in [0.4, 0.5) is 5.69 Å². The molecule has 1 aromatic carbocycles. The lowest BCUT2D eigenvalue weighted by Crippen LogP contribution is -2.15. The molecule has 2 rings (SSSR count). The number of anilines is 1. The molecule has 4 nitrogen and oxygen atoms in total. The highest BCUT2D eigenvalue weighted by molar-refractivity contribution is 6.31. The van der Waals surface area contributed by atoms with Crippen LogP contribution in [0.25, 0.3) is 0 Å². The molecule has 0 radical (unpaired) electrons. The van der Waals surface area contributed by atoms with Crippen LogP contribution < -0.4 is 10.1 Å². The molecule has 0 aliphatic heterocycles. The van der Waals surface area contributed by atoms with Crippen LogP contribution in [0.5, 0.6) is 5.75 Å². The SMILES string of the molecule is COc1ccc(Cl)cc1NC(=O)Cc1ccccn1. The van der Waals surface area contributed by atoms with E-state index in [0.29, 0.717) is 22.2 Å². The lowest BCUT2D eigenvalue weighted by molar-refractivity contribution is -0.115. The summed E-state index contributed by atoms with van der Waals surface area (Å²) in [5.74, 6) is 0.401. The zero-order valence-electron chi connectivity index (χ0n) is 10.4. The van der Waals surface area contributed by atoms with E-state index in [-0.39, 0.29) is 12.3 Å².